The lowest BCUT2D eigenvalue weighted by Gasteiger charge is -2.06. The number of rotatable bonds is 4. The molecule has 0 radical (unpaired) electrons. The van der Waals surface area contributed by atoms with E-state index in [0.717, 1.165) is 16.6 Å². The second-order valence-electron chi connectivity index (χ2n) is 5.47. The van der Waals surface area contributed by atoms with Crippen molar-refractivity contribution in [3.8, 4) is 5.75 Å². The van der Waals surface area contributed by atoms with Crippen LogP contribution in [-0.2, 0) is 6.61 Å². The number of fused-ring (bicyclic) bond motifs is 1. The van der Waals surface area contributed by atoms with Gasteiger partial charge < -0.3 is 14.2 Å². The zero-order valence-corrected chi connectivity index (χ0v) is 13.0. The molecule has 5 heteroatoms. The van der Waals surface area contributed by atoms with E-state index >= 15 is 0 Å². The van der Waals surface area contributed by atoms with Crippen molar-refractivity contribution in [2.45, 2.75) is 33.3 Å². The van der Waals surface area contributed by atoms with Gasteiger partial charge in [0.15, 0.2) is 5.76 Å². The first-order chi connectivity index (χ1) is 10.0. The minimum absolute atomic E-state index is 0.309. The van der Waals surface area contributed by atoms with Crippen LogP contribution in [0.3, 0.4) is 0 Å². The van der Waals surface area contributed by atoms with Crippen molar-refractivity contribution in [3.63, 3.8) is 0 Å². The summed E-state index contributed by atoms with van der Waals surface area (Å²) >= 11 is 6.28. The Morgan fingerprint density at radius 2 is 2.10 bits per heavy atom. The predicted octanol–water partition coefficient (Wildman–Crippen LogP) is 4.82. The molecule has 0 spiro atoms. The first kappa shape index (κ1) is 14.0. The molecule has 2 heterocycles. The van der Waals surface area contributed by atoms with E-state index in [9.17, 15) is 0 Å². The number of H-pyrrole nitrogens is 1. The van der Waals surface area contributed by atoms with E-state index in [1.54, 1.807) is 0 Å². The fourth-order valence-corrected chi connectivity index (χ4v) is 2.44. The maximum absolute atomic E-state index is 6.28. The largest absolute Gasteiger partial charge is 0.484 e. The molecule has 0 aliphatic heterocycles. The third-order valence-electron chi connectivity index (χ3n) is 3.36. The summed E-state index contributed by atoms with van der Waals surface area (Å²) < 4.78 is 10.9. The van der Waals surface area contributed by atoms with Crippen LogP contribution in [0.25, 0.3) is 10.9 Å². The topological polar surface area (TPSA) is 51.0 Å². The zero-order chi connectivity index (χ0) is 15.0. The number of benzene rings is 1. The lowest BCUT2D eigenvalue weighted by molar-refractivity contribution is 0.249. The van der Waals surface area contributed by atoms with Crippen LogP contribution in [0.2, 0.25) is 5.02 Å². The van der Waals surface area contributed by atoms with Crippen LogP contribution in [0.4, 0.5) is 0 Å². The van der Waals surface area contributed by atoms with Gasteiger partial charge in [-0.15, -0.1) is 0 Å². The third kappa shape index (κ3) is 2.90. The minimum Gasteiger partial charge on any atom is -0.484 e. The van der Waals surface area contributed by atoms with E-state index in [1.165, 1.54) is 5.69 Å². The molecule has 1 N–H and O–H groups in total. The quantitative estimate of drug-likeness (QED) is 0.751. The Kier molecular flexibility index (Phi) is 3.64. The Morgan fingerprint density at radius 3 is 2.76 bits per heavy atom. The SMILES string of the molecule is Cc1cc(COc2cc3[nH]c(C(C)C)cc3cc2Cl)on1. The average molecular weight is 305 g/mol. The summed E-state index contributed by atoms with van der Waals surface area (Å²) in [5.41, 5.74) is 3.04. The number of aryl methyl sites for hydroxylation is 1. The number of ether oxygens (including phenoxy) is 1. The fraction of sp³-hybridized carbons (Fsp3) is 0.312. The summed E-state index contributed by atoms with van der Waals surface area (Å²) in [5.74, 6) is 1.76. The number of aromatic nitrogens is 2. The lowest BCUT2D eigenvalue weighted by atomic mass is 10.1. The normalized spacial score (nSPS) is 11.5. The van der Waals surface area contributed by atoms with E-state index < -0.39 is 0 Å². The Morgan fingerprint density at radius 1 is 1.29 bits per heavy atom. The molecule has 0 bridgehead atoms. The summed E-state index contributed by atoms with van der Waals surface area (Å²) in [6, 6.07) is 7.81. The summed E-state index contributed by atoms with van der Waals surface area (Å²) in [7, 11) is 0. The zero-order valence-electron chi connectivity index (χ0n) is 12.2. The molecule has 4 nitrogen and oxygen atoms in total. The van der Waals surface area contributed by atoms with Crippen molar-refractivity contribution in [1.29, 1.82) is 0 Å². The van der Waals surface area contributed by atoms with Gasteiger partial charge in [-0.1, -0.05) is 30.6 Å². The average Bonchev–Trinajstić information content (AvgIpc) is 3.02. The van der Waals surface area contributed by atoms with Crippen LogP contribution in [-0.4, -0.2) is 10.1 Å². The van der Waals surface area contributed by atoms with E-state index in [2.05, 4.69) is 30.1 Å². The molecule has 0 aliphatic rings. The van der Waals surface area contributed by atoms with Crippen molar-refractivity contribution >= 4 is 22.5 Å². The van der Waals surface area contributed by atoms with Gasteiger partial charge >= 0.3 is 0 Å². The van der Waals surface area contributed by atoms with Gasteiger partial charge in [0.05, 0.1) is 10.7 Å². The molecule has 0 amide bonds. The Hall–Kier alpha value is -1.94. The molecule has 0 fully saturated rings. The van der Waals surface area contributed by atoms with Crippen LogP contribution >= 0.6 is 11.6 Å². The Labute approximate surface area is 128 Å². The molecule has 0 saturated heterocycles. The molecule has 21 heavy (non-hydrogen) atoms. The lowest BCUT2D eigenvalue weighted by Crippen LogP contribution is -1.94. The van der Waals surface area contributed by atoms with E-state index in [0.29, 0.717) is 29.1 Å². The van der Waals surface area contributed by atoms with Gasteiger partial charge in [-0.25, -0.2) is 0 Å². The second kappa shape index (κ2) is 5.45. The van der Waals surface area contributed by atoms with E-state index in [1.807, 2.05) is 25.1 Å². The van der Waals surface area contributed by atoms with Gasteiger partial charge in [-0.2, -0.15) is 0 Å². The van der Waals surface area contributed by atoms with Crippen molar-refractivity contribution in [2.75, 3.05) is 0 Å². The second-order valence-corrected chi connectivity index (χ2v) is 5.88. The molecule has 2 aromatic heterocycles. The van der Waals surface area contributed by atoms with Gasteiger partial charge in [-0.3, -0.25) is 0 Å². The van der Waals surface area contributed by atoms with Crippen LogP contribution in [0, 0.1) is 6.92 Å². The monoisotopic (exact) mass is 304 g/mol. The number of nitrogens with zero attached hydrogens (tertiary/aromatic N) is 1. The molecule has 0 unspecified atom stereocenters. The van der Waals surface area contributed by atoms with Gasteiger partial charge in [0.1, 0.15) is 12.4 Å². The molecule has 110 valence electrons. The molecule has 0 atom stereocenters. The maximum atomic E-state index is 6.28. The molecule has 1 aromatic carbocycles. The van der Waals surface area contributed by atoms with Gasteiger partial charge in [-0.05, 0) is 25.0 Å². The molecule has 3 rings (SSSR count). The summed E-state index contributed by atoms with van der Waals surface area (Å²) in [6.07, 6.45) is 0. The standard InChI is InChI=1S/C16H17ClN2O2/c1-9(2)14-6-11-5-13(17)16(7-15(11)18-14)20-8-12-4-10(3)19-21-12/h4-7,9,18H,8H2,1-3H3. The first-order valence-electron chi connectivity index (χ1n) is 6.90. The highest BCUT2D eigenvalue weighted by Gasteiger charge is 2.10. The molecule has 0 aliphatic carbocycles. The van der Waals surface area contributed by atoms with Crippen LogP contribution in [0.5, 0.6) is 5.75 Å². The fourth-order valence-electron chi connectivity index (χ4n) is 2.21. The number of hydrogen-bond acceptors (Lipinski definition) is 3. The van der Waals surface area contributed by atoms with Crippen LogP contribution < -0.4 is 4.74 Å². The number of hydrogen-bond donors (Lipinski definition) is 1. The smallest absolute Gasteiger partial charge is 0.174 e. The number of halogens is 1. The summed E-state index contributed by atoms with van der Waals surface area (Å²) in [4.78, 5) is 3.39. The molecular formula is C16H17ClN2O2. The van der Waals surface area contributed by atoms with Crippen LogP contribution in [0.15, 0.2) is 28.8 Å². The molecule has 0 saturated carbocycles. The maximum Gasteiger partial charge on any atom is 0.174 e. The Bertz CT molecular complexity index is 774. The highest BCUT2D eigenvalue weighted by Crippen LogP contribution is 2.32. The van der Waals surface area contributed by atoms with Crippen molar-refractivity contribution in [2.24, 2.45) is 0 Å². The van der Waals surface area contributed by atoms with E-state index in [-0.39, 0.29) is 0 Å². The van der Waals surface area contributed by atoms with Gasteiger partial charge in [0.2, 0.25) is 0 Å². The summed E-state index contributed by atoms with van der Waals surface area (Å²) in [6.45, 7) is 6.48. The number of nitrogens with one attached hydrogen (secondary N) is 1. The van der Waals surface area contributed by atoms with E-state index in [4.69, 9.17) is 20.9 Å². The van der Waals surface area contributed by atoms with Crippen molar-refractivity contribution in [1.82, 2.24) is 10.1 Å². The highest BCUT2D eigenvalue weighted by molar-refractivity contribution is 6.32. The third-order valence-corrected chi connectivity index (χ3v) is 3.66. The molecular weight excluding hydrogens is 288 g/mol. The Balaban J connectivity index is 1.86. The molecule has 3 aromatic rings. The van der Waals surface area contributed by atoms with Gasteiger partial charge in [0, 0.05) is 28.7 Å². The first-order valence-corrected chi connectivity index (χ1v) is 7.28. The summed E-state index contributed by atoms with van der Waals surface area (Å²) in [5, 5.41) is 5.51. The highest BCUT2D eigenvalue weighted by atomic mass is 35.5. The van der Waals surface area contributed by atoms with Gasteiger partial charge in [0.25, 0.3) is 0 Å². The van der Waals surface area contributed by atoms with Crippen molar-refractivity contribution in [3.05, 3.63) is 46.4 Å². The van der Waals surface area contributed by atoms with Crippen molar-refractivity contribution < 1.29 is 9.26 Å². The van der Waals surface area contributed by atoms with Crippen LogP contribution in [0.1, 0.15) is 36.9 Å². The number of aromatic amines is 1. The predicted molar refractivity (Wildman–Crippen MR) is 83.0 cm³/mol. The minimum atomic E-state index is 0.309.